The van der Waals surface area contributed by atoms with Crippen molar-refractivity contribution in [3.63, 3.8) is 0 Å². The highest BCUT2D eigenvalue weighted by Crippen LogP contribution is 2.32. The van der Waals surface area contributed by atoms with Crippen LogP contribution in [0.4, 0.5) is 0 Å². The van der Waals surface area contributed by atoms with Gasteiger partial charge in [-0.15, -0.1) is 0 Å². The molecule has 0 radical (unpaired) electrons. The molecule has 1 aliphatic carbocycles. The molecule has 1 N–H and O–H groups in total. The maximum absolute atomic E-state index is 3.79. The van der Waals surface area contributed by atoms with Crippen molar-refractivity contribution < 1.29 is 0 Å². The summed E-state index contributed by atoms with van der Waals surface area (Å²) in [4.78, 5) is 2.45. The third kappa shape index (κ3) is 4.08. The SMILES string of the molecule is CCc1ccc(C(C)NCC2(N(C)C)CCCCC2)cc1. The van der Waals surface area contributed by atoms with Gasteiger partial charge >= 0.3 is 0 Å². The molecule has 0 spiro atoms. The lowest BCUT2D eigenvalue weighted by Gasteiger charge is -2.44. The maximum atomic E-state index is 3.79. The second-order valence-electron chi connectivity index (χ2n) is 6.88. The van der Waals surface area contributed by atoms with Crippen LogP contribution < -0.4 is 5.32 Å². The van der Waals surface area contributed by atoms with E-state index in [0.717, 1.165) is 13.0 Å². The van der Waals surface area contributed by atoms with Crippen LogP contribution >= 0.6 is 0 Å². The molecule has 1 unspecified atom stereocenters. The molecule has 0 saturated heterocycles. The zero-order chi connectivity index (χ0) is 15.3. The number of likely N-dealkylation sites (N-methyl/N-ethyl adjacent to an activating group) is 1. The van der Waals surface area contributed by atoms with Gasteiger partial charge in [0, 0.05) is 18.1 Å². The summed E-state index contributed by atoms with van der Waals surface area (Å²) in [7, 11) is 4.49. The van der Waals surface area contributed by atoms with Crippen LogP contribution in [0, 0.1) is 0 Å². The van der Waals surface area contributed by atoms with E-state index in [1.54, 1.807) is 0 Å². The lowest BCUT2D eigenvalue weighted by Crippen LogP contribution is -2.53. The van der Waals surface area contributed by atoms with Crippen LogP contribution in [-0.2, 0) is 6.42 Å². The van der Waals surface area contributed by atoms with Crippen molar-refractivity contribution in [3.05, 3.63) is 35.4 Å². The van der Waals surface area contributed by atoms with Crippen molar-refractivity contribution in [1.82, 2.24) is 10.2 Å². The first kappa shape index (κ1) is 16.5. The molecule has 0 heterocycles. The number of aryl methyl sites for hydroxylation is 1. The van der Waals surface area contributed by atoms with E-state index in [1.807, 2.05) is 0 Å². The molecule has 21 heavy (non-hydrogen) atoms. The van der Waals surface area contributed by atoms with Crippen LogP contribution in [0.1, 0.15) is 63.1 Å². The molecule has 2 heteroatoms. The average molecular weight is 288 g/mol. The van der Waals surface area contributed by atoms with Crippen molar-refractivity contribution in [2.75, 3.05) is 20.6 Å². The minimum absolute atomic E-state index is 0.357. The molecule has 2 rings (SSSR count). The Morgan fingerprint density at radius 3 is 2.24 bits per heavy atom. The second-order valence-corrected chi connectivity index (χ2v) is 6.88. The number of hydrogen-bond donors (Lipinski definition) is 1. The molecule has 1 aromatic carbocycles. The zero-order valence-corrected chi connectivity index (χ0v) is 14.3. The van der Waals surface area contributed by atoms with Crippen molar-refractivity contribution in [2.24, 2.45) is 0 Å². The normalized spacial score (nSPS) is 19.7. The van der Waals surface area contributed by atoms with Crippen LogP contribution in [0.5, 0.6) is 0 Å². The van der Waals surface area contributed by atoms with Crippen LogP contribution in [0.2, 0.25) is 0 Å². The van der Waals surface area contributed by atoms with E-state index in [2.05, 4.69) is 62.4 Å². The summed E-state index contributed by atoms with van der Waals surface area (Å²) in [6.45, 7) is 5.59. The predicted molar refractivity (Wildman–Crippen MR) is 91.7 cm³/mol. The Hall–Kier alpha value is -0.860. The molecule has 2 nitrogen and oxygen atoms in total. The number of nitrogens with zero attached hydrogens (tertiary/aromatic N) is 1. The highest BCUT2D eigenvalue weighted by atomic mass is 15.2. The summed E-state index contributed by atoms with van der Waals surface area (Å²) in [5, 5.41) is 3.79. The van der Waals surface area contributed by atoms with Gasteiger partial charge in [0.2, 0.25) is 0 Å². The molecule has 1 saturated carbocycles. The molecular weight excluding hydrogens is 256 g/mol. The average Bonchev–Trinajstić information content (AvgIpc) is 2.53. The minimum atomic E-state index is 0.357. The zero-order valence-electron chi connectivity index (χ0n) is 14.3. The third-order valence-corrected chi connectivity index (χ3v) is 5.36. The van der Waals surface area contributed by atoms with E-state index < -0.39 is 0 Å². The number of rotatable bonds is 6. The van der Waals surface area contributed by atoms with Gasteiger partial charge in [0.15, 0.2) is 0 Å². The third-order valence-electron chi connectivity index (χ3n) is 5.36. The Kier molecular flexibility index (Phi) is 5.83. The first-order chi connectivity index (χ1) is 10.1. The van der Waals surface area contributed by atoms with E-state index in [4.69, 9.17) is 0 Å². The number of benzene rings is 1. The van der Waals surface area contributed by atoms with E-state index in [1.165, 1.54) is 43.2 Å². The van der Waals surface area contributed by atoms with Gasteiger partial charge in [-0.1, -0.05) is 50.5 Å². The first-order valence-electron chi connectivity index (χ1n) is 8.57. The van der Waals surface area contributed by atoms with Gasteiger partial charge in [-0.25, -0.2) is 0 Å². The molecule has 0 amide bonds. The maximum Gasteiger partial charge on any atom is 0.0328 e. The van der Waals surface area contributed by atoms with E-state index >= 15 is 0 Å². The molecule has 1 fully saturated rings. The summed E-state index contributed by atoms with van der Waals surface area (Å²) in [5.41, 5.74) is 3.18. The molecule has 0 aliphatic heterocycles. The summed E-state index contributed by atoms with van der Waals surface area (Å²) >= 11 is 0. The van der Waals surface area contributed by atoms with E-state index in [-0.39, 0.29) is 0 Å². The van der Waals surface area contributed by atoms with Crippen molar-refractivity contribution in [2.45, 2.75) is 64.0 Å². The fraction of sp³-hybridized carbons (Fsp3) is 0.684. The number of hydrogen-bond acceptors (Lipinski definition) is 2. The lowest BCUT2D eigenvalue weighted by molar-refractivity contribution is 0.0958. The second kappa shape index (κ2) is 7.42. The summed E-state index contributed by atoms with van der Waals surface area (Å²) in [6.07, 6.45) is 7.93. The highest BCUT2D eigenvalue weighted by Gasteiger charge is 2.34. The summed E-state index contributed by atoms with van der Waals surface area (Å²) in [5.74, 6) is 0. The topological polar surface area (TPSA) is 15.3 Å². The molecule has 1 atom stereocenters. The number of nitrogens with one attached hydrogen (secondary N) is 1. The quantitative estimate of drug-likeness (QED) is 0.845. The van der Waals surface area contributed by atoms with Gasteiger partial charge in [0.25, 0.3) is 0 Å². The first-order valence-corrected chi connectivity index (χ1v) is 8.57. The minimum Gasteiger partial charge on any atom is -0.308 e. The Balaban J connectivity index is 1.96. The largest absolute Gasteiger partial charge is 0.308 e. The fourth-order valence-electron chi connectivity index (χ4n) is 3.49. The van der Waals surface area contributed by atoms with Crippen LogP contribution in [0.25, 0.3) is 0 Å². The molecule has 118 valence electrons. The van der Waals surface area contributed by atoms with E-state index in [9.17, 15) is 0 Å². The fourth-order valence-corrected chi connectivity index (χ4v) is 3.49. The van der Waals surface area contributed by atoms with Gasteiger partial charge in [0.1, 0.15) is 0 Å². The van der Waals surface area contributed by atoms with Gasteiger partial charge in [-0.2, -0.15) is 0 Å². The monoisotopic (exact) mass is 288 g/mol. The smallest absolute Gasteiger partial charge is 0.0328 e. The van der Waals surface area contributed by atoms with E-state index in [0.29, 0.717) is 11.6 Å². The highest BCUT2D eigenvalue weighted by molar-refractivity contribution is 5.24. The van der Waals surface area contributed by atoms with Gasteiger partial charge < -0.3 is 10.2 Å². The lowest BCUT2D eigenvalue weighted by atomic mass is 9.80. The van der Waals surface area contributed by atoms with Crippen LogP contribution in [0.15, 0.2) is 24.3 Å². The predicted octanol–water partition coefficient (Wildman–Crippen LogP) is 4.16. The van der Waals surface area contributed by atoms with Crippen LogP contribution in [-0.4, -0.2) is 31.1 Å². The van der Waals surface area contributed by atoms with Gasteiger partial charge in [0.05, 0.1) is 0 Å². The standard InChI is InChI=1S/C19H32N2/c1-5-17-9-11-18(12-10-17)16(2)20-15-19(21(3)4)13-7-6-8-14-19/h9-12,16,20H,5-8,13-15H2,1-4H3. The molecule has 1 aliphatic rings. The van der Waals surface area contributed by atoms with Crippen LogP contribution in [0.3, 0.4) is 0 Å². The van der Waals surface area contributed by atoms with Gasteiger partial charge in [-0.3, -0.25) is 0 Å². The molecular formula is C19H32N2. The van der Waals surface area contributed by atoms with Crippen molar-refractivity contribution in [3.8, 4) is 0 Å². The summed E-state index contributed by atoms with van der Waals surface area (Å²) < 4.78 is 0. The molecule has 0 aromatic heterocycles. The van der Waals surface area contributed by atoms with Crippen molar-refractivity contribution >= 4 is 0 Å². The molecule has 1 aromatic rings. The summed E-state index contributed by atoms with van der Waals surface area (Å²) in [6, 6.07) is 9.50. The Morgan fingerprint density at radius 2 is 1.71 bits per heavy atom. The Morgan fingerprint density at radius 1 is 1.10 bits per heavy atom. The molecule has 0 bridgehead atoms. The van der Waals surface area contributed by atoms with Crippen molar-refractivity contribution in [1.29, 1.82) is 0 Å². The van der Waals surface area contributed by atoms with Gasteiger partial charge in [-0.05, 0) is 51.4 Å². The Bertz CT molecular complexity index is 416. The Labute approximate surface area is 130 Å².